The number of carbonyl (C=O) groups is 1. The number of hydrogen-bond donors (Lipinski definition) is 0. The number of halogens is 2. The second-order valence-electron chi connectivity index (χ2n) is 5.86. The summed E-state index contributed by atoms with van der Waals surface area (Å²) in [6.07, 6.45) is 0.675. The van der Waals surface area contributed by atoms with Crippen LogP contribution in [0, 0.1) is 0 Å². The quantitative estimate of drug-likeness (QED) is 0.773. The van der Waals surface area contributed by atoms with Crippen molar-refractivity contribution in [3.63, 3.8) is 0 Å². The highest BCUT2D eigenvalue weighted by atomic mass is 35.5. The molecule has 1 unspecified atom stereocenters. The van der Waals surface area contributed by atoms with Gasteiger partial charge in [0.2, 0.25) is 5.75 Å². The number of hydrogen-bond acceptors (Lipinski definition) is 4. The fourth-order valence-corrected chi connectivity index (χ4v) is 3.96. The second-order valence-corrected chi connectivity index (χ2v) is 6.70. The van der Waals surface area contributed by atoms with E-state index in [1.807, 2.05) is 12.1 Å². The summed E-state index contributed by atoms with van der Waals surface area (Å²) >= 11 is 12.4. The molecule has 2 aromatic carbocycles. The summed E-state index contributed by atoms with van der Waals surface area (Å²) in [5, 5.41) is 1.07. The van der Waals surface area contributed by atoms with E-state index in [4.69, 9.17) is 37.4 Å². The van der Waals surface area contributed by atoms with E-state index in [0.717, 1.165) is 16.7 Å². The second kappa shape index (κ2) is 7.14. The van der Waals surface area contributed by atoms with E-state index in [0.29, 0.717) is 40.1 Å². The largest absolute Gasteiger partial charge is 0.493 e. The van der Waals surface area contributed by atoms with Crippen molar-refractivity contribution in [2.45, 2.75) is 18.8 Å². The third kappa shape index (κ3) is 3.16. The summed E-state index contributed by atoms with van der Waals surface area (Å²) in [4.78, 5) is 12.4. The number of fused-ring (bicyclic) bond motifs is 1. The van der Waals surface area contributed by atoms with Gasteiger partial charge in [0.05, 0.1) is 21.3 Å². The molecule has 0 heterocycles. The van der Waals surface area contributed by atoms with Gasteiger partial charge in [-0.25, -0.2) is 0 Å². The van der Waals surface area contributed by atoms with E-state index in [-0.39, 0.29) is 11.7 Å². The maximum atomic E-state index is 12.4. The lowest BCUT2D eigenvalue weighted by Gasteiger charge is -2.29. The summed E-state index contributed by atoms with van der Waals surface area (Å²) in [5.74, 6) is 1.52. The first-order valence-corrected chi connectivity index (χ1v) is 8.54. The molecule has 0 radical (unpaired) electrons. The van der Waals surface area contributed by atoms with Crippen LogP contribution in [0.4, 0.5) is 0 Å². The molecule has 0 aromatic heterocycles. The van der Waals surface area contributed by atoms with E-state index in [2.05, 4.69) is 0 Å². The fourth-order valence-electron chi connectivity index (χ4n) is 3.42. The third-order valence-corrected chi connectivity index (χ3v) is 5.02. The number of rotatable bonds is 4. The van der Waals surface area contributed by atoms with Crippen molar-refractivity contribution in [2.75, 3.05) is 21.3 Å². The molecule has 0 N–H and O–H groups in total. The van der Waals surface area contributed by atoms with E-state index >= 15 is 0 Å². The molecule has 2 aromatic rings. The first-order chi connectivity index (χ1) is 12.0. The molecule has 0 saturated heterocycles. The van der Waals surface area contributed by atoms with Crippen LogP contribution in [0.5, 0.6) is 17.2 Å². The Bertz CT molecular complexity index is 833. The molecule has 0 bridgehead atoms. The Morgan fingerprint density at radius 3 is 2.32 bits per heavy atom. The first-order valence-electron chi connectivity index (χ1n) is 7.78. The Morgan fingerprint density at radius 2 is 1.72 bits per heavy atom. The molecule has 1 atom stereocenters. The molecule has 1 aliphatic rings. The highest BCUT2D eigenvalue weighted by Gasteiger charge is 2.34. The van der Waals surface area contributed by atoms with Crippen LogP contribution in [-0.4, -0.2) is 27.1 Å². The minimum absolute atomic E-state index is 0.137. The van der Waals surface area contributed by atoms with E-state index in [1.54, 1.807) is 33.5 Å². The van der Waals surface area contributed by atoms with E-state index in [1.165, 1.54) is 0 Å². The van der Waals surface area contributed by atoms with Crippen molar-refractivity contribution in [2.24, 2.45) is 0 Å². The summed E-state index contributed by atoms with van der Waals surface area (Å²) in [7, 11) is 4.70. The highest BCUT2D eigenvalue weighted by molar-refractivity contribution is 6.35. The number of Topliss-reactive ketones (excluding diaryl/α,β-unsaturated/α-hetero) is 1. The molecular formula is C19H18Cl2O4. The van der Waals surface area contributed by atoms with Gasteiger partial charge in [-0.3, -0.25) is 4.79 Å². The summed E-state index contributed by atoms with van der Waals surface area (Å²) in [6, 6.07) is 7.15. The Morgan fingerprint density at radius 1 is 1.00 bits per heavy atom. The molecule has 0 fully saturated rings. The van der Waals surface area contributed by atoms with E-state index < -0.39 is 0 Å². The summed E-state index contributed by atoms with van der Waals surface area (Å²) in [5.41, 5.74) is 2.61. The zero-order valence-electron chi connectivity index (χ0n) is 14.2. The van der Waals surface area contributed by atoms with Crippen molar-refractivity contribution in [1.29, 1.82) is 0 Å². The molecular weight excluding hydrogens is 363 g/mol. The summed E-state index contributed by atoms with van der Waals surface area (Å²) in [6.45, 7) is 0. The zero-order chi connectivity index (χ0) is 18.1. The molecule has 0 spiro atoms. The first kappa shape index (κ1) is 17.9. The molecule has 132 valence electrons. The zero-order valence-corrected chi connectivity index (χ0v) is 15.7. The van der Waals surface area contributed by atoms with Gasteiger partial charge in [-0.2, -0.15) is 0 Å². The van der Waals surface area contributed by atoms with Gasteiger partial charge in [0.1, 0.15) is 5.78 Å². The van der Waals surface area contributed by atoms with Crippen LogP contribution in [0.3, 0.4) is 0 Å². The van der Waals surface area contributed by atoms with Crippen molar-refractivity contribution >= 4 is 29.0 Å². The maximum Gasteiger partial charge on any atom is 0.203 e. The van der Waals surface area contributed by atoms with Gasteiger partial charge in [0, 0.05) is 34.4 Å². The lowest BCUT2D eigenvalue weighted by molar-refractivity contribution is -0.119. The van der Waals surface area contributed by atoms with Crippen LogP contribution in [-0.2, 0) is 11.2 Å². The van der Waals surface area contributed by atoms with Gasteiger partial charge in [0.25, 0.3) is 0 Å². The fraction of sp³-hybridized carbons (Fsp3) is 0.316. The normalized spacial score (nSPS) is 16.4. The summed E-state index contributed by atoms with van der Waals surface area (Å²) < 4.78 is 16.5. The van der Waals surface area contributed by atoms with Gasteiger partial charge in [0.15, 0.2) is 11.5 Å². The molecule has 4 nitrogen and oxygen atoms in total. The minimum atomic E-state index is -0.226. The van der Waals surface area contributed by atoms with Gasteiger partial charge in [-0.15, -0.1) is 0 Å². The average Bonchev–Trinajstić information content (AvgIpc) is 2.59. The third-order valence-electron chi connectivity index (χ3n) is 4.46. The Labute approximate surface area is 156 Å². The predicted molar refractivity (Wildman–Crippen MR) is 97.7 cm³/mol. The van der Waals surface area contributed by atoms with Gasteiger partial charge in [-0.1, -0.05) is 29.3 Å². The molecule has 3 rings (SSSR count). The van der Waals surface area contributed by atoms with Crippen molar-refractivity contribution < 1.29 is 19.0 Å². The lowest BCUT2D eigenvalue weighted by Crippen LogP contribution is -2.21. The van der Waals surface area contributed by atoms with E-state index in [9.17, 15) is 4.79 Å². The molecule has 1 aliphatic carbocycles. The van der Waals surface area contributed by atoms with Crippen LogP contribution in [0.15, 0.2) is 24.3 Å². The smallest absolute Gasteiger partial charge is 0.203 e. The average molecular weight is 381 g/mol. The van der Waals surface area contributed by atoms with Crippen molar-refractivity contribution in [3.05, 3.63) is 51.0 Å². The van der Waals surface area contributed by atoms with Crippen LogP contribution < -0.4 is 14.2 Å². The standard InChI is InChI=1S/C19H18Cl2O4/c1-23-16-7-10-6-12(22)9-14(13-5-4-11(20)8-15(13)21)17(10)19(25-3)18(16)24-2/h4-5,7-8,14H,6,9H2,1-3H3. The maximum absolute atomic E-state index is 12.4. The van der Waals surface area contributed by atoms with Gasteiger partial charge < -0.3 is 14.2 Å². The monoisotopic (exact) mass is 380 g/mol. The predicted octanol–water partition coefficient (Wildman–Crippen LogP) is 4.67. The SMILES string of the molecule is COc1cc2c(c(OC)c1OC)C(c1ccc(Cl)cc1Cl)CC(=O)C2. The lowest BCUT2D eigenvalue weighted by atomic mass is 9.77. The van der Waals surface area contributed by atoms with Crippen molar-refractivity contribution in [1.82, 2.24) is 0 Å². The van der Waals surface area contributed by atoms with Gasteiger partial charge >= 0.3 is 0 Å². The number of benzene rings is 2. The molecule has 0 saturated carbocycles. The van der Waals surface area contributed by atoms with Crippen molar-refractivity contribution in [3.8, 4) is 17.2 Å². The number of methoxy groups -OCH3 is 3. The number of ketones is 1. The Kier molecular flexibility index (Phi) is 5.11. The molecule has 0 amide bonds. The minimum Gasteiger partial charge on any atom is -0.493 e. The van der Waals surface area contributed by atoms with Crippen LogP contribution >= 0.6 is 23.2 Å². The Balaban J connectivity index is 2.27. The van der Waals surface area contributed by atoms with Crippen LogP contribution in [0.1, 0.15) is 29.0 Å². The van der Waals surface area contributed by atoms with Crippen LogP contribution in [0.2, 0.25) is 10.0 Å². The van der Waals surface area contributed by atoms with Gasteiger partial charge in [-0.05, 0) is 29.3 Å². The molecule has 0 aliphatic heterocycles. The number of carbonyl (C=O) groups excluding carboxylic acids is 1. The highest BCUT2D eigenvalue weighted by Crippen LogP contribution is 2.50. The van der Waals surface area contributed by atoms with Crippen LogP contribution in [0.25, 0.3) is 0 Å². The molecule has 25 heavy (non-hydrogen) atoms. The molecule has 6 heteroatoms. The number of ether oxygens (including phenoxy) is 3. The Hall–Kier alpha value is -1.91. The topological polar surface area (TPSA) is 44.8 Å².